The molecule has 2 N–H and O–H groups in total. The summed E-state index contributed by atoms with van der Waals surface area (Å²) in [7, 11) is 0. The zero-order valence-corrected chi connectivity index (χ0v) is 9.61. The van der Waals surface area contributed by atoms with Crippen LogP contribution in [0.1, 0.15) is 11.1 Å². The SMILES string of the molecule is Cc1ccccc1OCc1ccc(N)cc1F. The molecule has 2 nitrogen and oxygen atoms in total. The van der Waals surface area contributed by atoms with Crippen LogP contribution in [0, 0.1) is 12.7 Å². The fourth-order valence-electron chi connectivity index (χ4n) is 1.55. The van der Waals surface area contributed by atoms with E-state index in [4.69, 9.17) is 10.5 Å². The van der Waals surface area contributed by atoms with Gasteiger partial charge in [-0.25, -0.2) is 4.39 Å². The van der Waals surface area contributed by atoms with Gasteiger partial charge in [0.15, 0.2) is 0 Å². The van der Waals surface area contributed by atoms with E-state index < -0.39 is 0 Å². The van der Waals surface area contributed by atoms with Gasteiger partial charge in [0, 0.05) is 11.3 Å². The summed E-state index contributed by atoms with van der Waals surface area (Å²) >= 11 is 0. The highest BCUT2D eigenvalue weighted by atomic mass is 19.1. The molecule has 3 heteroatoms. The van der Waals surface area contributed by atoms with Crippen molar-refractivity contribution in [2.45, 2.75) is 13.5 Å². The van der Waals surface area contributed by atoms with Gasteiger partial charge in [-0.2, -0.15) is 0 Å². The van der Waals surface area contributed by atoms with Crippen molar-refractivity contribution in [3.8, 4) is 5.75 Å². The molecule has 0 amide bonds. The number of nitrogen functional groups attached to an aromatic ring is 1. The second kappa shape index (κ2) is 4.87. The lowest BCUT2D eigenvalue weighted by atomic mass is 10.2. The largest absolute Gasteiger partial charge is 0.489 e. The van der Waals surface area contributed by atoms with Gasteiger partial charge >= 0.3 is 0 Å². The van der Waals surface area contributed by atoms with Crippen LogP contribution in [0.5, 0.6) is 5.75 Å². The van der Waals surface area contributed by atoms with E-state index in [1.807, 2.05) is 31.2 Å². The molecule has 0 fully saturated rings. The Morgan fingerprint density at radius 3 is 2.65 bits per heavy atom. The van der Waals surface area contributed by atoms with Gasteiger partial charge in [0.25, 0.3) is 0 Å². The summed E-state index contributed by atoms with van der Waals surface area (Å²) in [4.78, 5) is 0. The minimum Gasteiger partial charge on any atom is -0.489 e. The first-order valence-electron chi connectivity index (χ1n) is 5.39. The lowest BCUT2D eigenvalue weighted by Crippen LogP contribution is -2.00. The Hall–Kier alpha value is -2.03. The molecule has 2 rings (SSSR count). The molecule has 17 heavy (non-hydrogen) atoms. The van der Waals surface area contributed by atoms with Crippen LogP contribution < -0.4 is 10.5 Å². The Bertz CT molecular complexity index is 525. The number of anilines is 1. The lowest BCUT2D eigenvalue weighted by Gasteiger charge is -2.09. The second-order valence-electron chi connectivity index (χ2n) is 3.91. The van der Waals surface area contributed by atoms with Crippen LogP contribution in [0.25, 0.3) is 0 Å². The Balaban J connectivity index is 2.10. The molecule has 0 heterocycles. The average molecular weight is 231 g/mol. The van der Waals surface area contributed by atoms with Crippen LogP contribution in [-0.2, 0) is 6.61 Å². The number of nitrogens with two attached hydrogens (primary N) is 1. The predicted octanol–water partition coefficient (Wildman–Crippen LogP) is 3.30. The van der Waals surface area contributed by atoms with E-state index in [-0.39, 0.29) is 12.4 Å². The first-order chi connectivity index (χ1) is 8.16. The molecule has 0 aromatic heterocycles. The minimum atomic E-state index is -0.335. The number of halogens is 1. The van der Waals surface area contributed by atoms with Gasteiger partial charge in [0.1, 0.15) is 18.2 Å². The number of hydrogen-bond donors (Lipinski definition) is 1. The molecular formula is C14H14FNO. The standard InChI is InChI=1S/C14H14FNO/c1-10-4-2-3-5-14(10)17-9-11-6-7-12(16)8-13(11)15/h2-8H,9,16H2,1H3. The van der Waals surface area contributed by atoms with Gasteiger partial charge in [-0.05, 0) is 30.7 Å². The second-order valence-corrected chi connectivity index (χ2v) is 3.91. The maximum Gasteiger partial charge on any atom is 0.131 e. The number of rotatable bonds is 3. The van der Waals surface area contributed by atoms with Crippen molar-refractivity contribution in [2.24, 2.45) is 0 Å². The van der Waals surface area contributed by atoms with Crippen LogP contribution in [-0.4, -0.2) is 0 Å². The van der Waals surface area contributed by atoms with Gasteiger partial charge in [-0.3, -0.25) is 0 Å². The first-order valence-corrected chi connectivity index (χ1v) is 5.39. The molecule has 0 spiro atoms. The maximum absolute atomic E-state index is 13.5. The number of benzene rings is 2. The van der Waals surface area contributed by atoms with Crippen molar-refractivity contribution in [3.63, 3.8) is 0 Å². The smallest absolute Gasteiger partial charge is 0.131 e. The topological polar surface area (TPSA) is 35.2 Å². The van der Waals surface area contributed by atoms with E-state index in [0.717, 1.165) is 11.3 Å². The predicted molar refractivity (Wildman–Crippen MR) is 66.3 cm³/mol. The molecular weight excluding hydrogens is 217 g/mol. The summed E-state index contributed by atoms with van der Waals surface area (Å²) in [5.41, 5.74) is 7.43. The zero-order valence-electron chi connectivity index (χ0n) is 9.61. The zero-order chi connectivity index (χ0) is 12.3. The van der Waals surface area contributed by atoms with Crippen LogP contribution in [0.4, 0.5) is 10.1 Å². The summed E-state index contributed by atoms with van der Waals surface area (Å²) in [5, 5.41) is 0. The minimum absolute atomic E-state index is 0.205. The molecule has 0 radical (unpaired) electrons. The number of hydrogen-bond acceptors (Lipinski definition) is 2. The average Bonchev–Trinajstić information content (AvgIpc) is 2.30. The Morgan fingerprint density at radius 2 is 1.94 bits per heavy atom. The summed E-state index contributed by atoms with van der Waals surface area (Å²) in [6.07, 6.45) is 0. The molecule has 0 aliphatic carbocycles. The van der Waals surface area contributed by atoms with Crippen LogP contribution in [0.15, 0.2) is 42.5 Å². The highest BCUT2D eigenvalue weighted by Crippen LogP contribution is 2.19. The summed E-state index contributed by atoms with van der Waals surface area (Å²) in [6, 6.07) is 12.3. The number of ether oxygens (including phenoxy) is 1. The maximum atomic E-state index is 13.5. The van der Waals surface area contributed by atoms with Gasteiger partial charge in [-0.15, -0.1) is 0 Å². The summed E-state index contributed by atoms with van der Waals surface area (Å²) in [5.74, 6) is 0.433. The molecule has 0 unspecified atom stereocenters. The molecule has 0 atom stereocenters. The quantitative estimate of drug-likeness (QED) is 0.822. The van der Waals surface area contributed by atoms with Crippen molar-refractivity contribution in [2.75, 3.05) is 5.73 Å². The van der Waals surface area contributed by atoms with Gasteiger partial charge in [0.2, 0.25) is 0 Å². The van der Waals surface area contributed by atoms with Crippen molar-refractivity contribution in [3.05, 3.63) is 59.4 Å². The van der Waals surface area contributed by atoms with E-state index in [1.54, 1.807) is 12.1 Å². The third kappa shape index (κ3) is 2.75. The molecule has 88 valence electrons. The number of para-hydroxylation sites is 1. The molecule has 0 aliphatic rings. The van der Waals surface area contributed by atoms with E-state index >= 15 is 0 Å². The van der Waals surface area contributed by atoms with E-state index in [2.05, 4.69) is 0 Å². The monoisotopic (exact) mass is 231 g/mol. The van der Waals surface area contributed by atoms with Crippen molar-refractivity contribution in [1.82, 2.24) is 0 Å². The van der Waals surface area contributed by atoms with Crippen LogP contribution >= 0.6 is 0 Å². The Labute approximate surface area is 99.8 Å². The fraction of sp³-hybridized carbons (Fsp3) is 0.143. The summed E-state index contributed by atoms with van der Waals surface area (Å²) < 4.78 is 19.1. The summed E-state index contributed by atoms with van der Waals surface area (Å²) in [6.45, 7) is 2.16. The van der Waals surface area contributed by atoms with Gasteiger partial charge < -0.3 is 10.5 Å². The highest BCUT2D eigenvalue weighted by molar-refractivity contribution is 5.40. The highest BCUT2D eigenvalue weighted by Gasteiger charge is 2.04. The van der Waals surface area contributed by atoms with Crippen molar-refractivity contribution < 1.29 is 9.13 Å². The molecule has 0 bridgehead atoms. The van der Waals surface area contributed by atoms with E-state index in [1.165, 1.54) is 6.07 Å². The van der Waals surface area contributed by atoms with E-state index in [0.29, 0.717) is 11.3 Å². The Kier molecular flexibility index (Phi) is 3.28. The molecule has 0 saturated carbocycles. The van der Waals surface area contributed by atoms with Gasteiger partial charge in [-0.1, -0.05) is 24.3 Å². The fourth-order valence-corrected chi connectivity index (χ4v) is 1.55. The van der Waals surface area contributed by atoms with Crippen LogP contribution in [0.3, 0.4) is 0 Å². The molecule has 0 aliphatic heterocycles. The third-order valence-electron chi connectivity index (χ3n) is 2.55. The molecule has 0 saturated heterocycles. The Morgan fingerprint density at radius 1 is 1.18 bits per heavy atom. The van der Waals surface area contributed by atoms with Crippen molar-refractivity contribution in [1.29, 1.82) is 0 Å². The molecule has 2 aromatic rings. The van der Waals surface area contributed by atoms with Crippen LogP contribution in [0.2, 0.25) is 0 Å². The van der Waals surface area contributed by atoms with Gasteiger partial charge in [0.05, 0.1) is 0 Å². The normalized spacial score (nSPS) is 10.2. The number of aryl methyl sites for hydroxylation is 1. The first kappa shape index (κ1) is 11.5. The third-order valence-corrected chi connectivity index (χ3v) is 2.55. The molecule has 2 aromatic carbocycles. The van der Waals surface area contributed by atoms with Crippen molar-refractivity contribution >= 4 is 5.69 Å². The lowest BCUT2D eigenvalue weighted by molar-refractivity contribution is 0.298. The van der Waals surface area contributed by atoms with E-state index in [9.17, 15) is 4.39 Å².